The molecular weight excluding hydrogens is 396 g/mol. The fourth-order valence-electron chi connectivity index (χ4n) is 3.04. The molecule has 2 heterocycles. The number of rotatable bonds is 4. The number of carboxylic acids is 1. The summed E-state index contributed by atoms with van der Waals surface area (Å²) in [6.07, 6.45) is 2.86. The number of imide groups is 1. The molecule has 8 nitrogen and oxygen atoms in total. The molecule has 1 N–H and O–H groups in total. The van der Waals surface area contributed by atoms with Gasteiger partial charge in [0.1, 0.15) is 0 Å². The number of nitrogens with zero attached hydrogens (tertiary/aromatic N) is 2. The Balaban J connectivity index is 1.78. The molecule has 0 saturated heterocycles. The number of benzene rings is 2. The first kappa shape index (κ1) is 18.5. The molecule has 0 saturated carbocycles. The van der Waals surface area contributed by atoms with Crippen molar-refractivity contribution in [1.29, 1.82) is 0 Å². The average molecular weight is 408 g/mol. The van der Waals surface area contributed by atoms with E-state index in [1.807, 2.05) is 0 Å². The lowest BCUT2D eigenvalue weighted by Crippen LogP contribution is -2.29. The fraction of sp³-hybridized carbons (Fsp3) is 0. The summed E-state index contributed by atoms with van der Waals surface area (Å²) in [4.78, 5) is 40.9. The van der Waals surface area contributed by atoms with Gasteiger partial charge in [0, 0.05) is 6.20 Å². The summed E-state index contributed by atoms with van der Waals surface area (Å²) in [6.45, 7) is 0. The number of pyridine rings is 1. The Labute approximate surface area is 165 Å². The van der Waals surface area contributed by atoms with Gasteiger partial charge in [-0.25, -0.2) is 18.1 Å². The maximum Gasteiger partial charge on any atom is 0.335 e. The van der Waals surface area contributed by atoms with E-state index < -0.39 is 27.6 Å². The molecular formula is C20H12N2O6S. The molecule has 3 aromatic rings. The molecule has 0 aliphatic carbocycles. The smallest absolute Gasteiger partial charge is 0.335 e. The standard InChI is InChI=1S/C20H12N2O6S/c23-18-16-7-6-15(29(27,28)14-5-1-3-12(9-14)20(25)26)10-17(16)19(24)22(18)13-4-2-8-21-11-13/h1-11H,(H,25,26). The van der Waals surface area contributed by atoms with Gasteiger partial charge >= 0.3 is 5.97 Å². The molecule has 0 bridgehead atoms. The summed E-state index contributed by atoms with van der Waals surface area (Å²) in [6, 6.07) is 11.7. The summed E-state index contributed by atoms with van der Waals surface area (Å²) in [5, 5.41) is 9.09. The van der Waals surface area contributed by atoms with Crippen LogP contribution in [0.5, 0.6) is 0 Å². The number of fused-ring (bicyclic) bond motifs is 1. The van der Waals surface area contributed by atoms with Crippen LogP contribution in [0.3, 0.4) is 0 Å². The molecule has 0 atom stereocenters. The Morgan fingerprint density at radius 1 is 0.897 bits per heavy atom. The topological polar surface area (TPSA) is 122 Å². The third kappa shape index (κ3) is 2.97. The number of hydrogen-bond donors (Lipinski definition) is 1. The molecule has 4 rings (SSSR count). The van der Waals surface area contributed by atoms with Gasteiger partial charge in [-0.1, -0.05) is 6.07 Å². The molecule has 1 aliphatic rings. The first-order valence-electron chi connectivity index (χ1n) is 8.32. The third-order valence-electron chi connectivity index (χ3n) is 4.46. The van der Waals surface area contributed by atoms with E-state index >= 15 is 0 Å². The SMILES string of the molecule is O=C(O)c1cccc(S(=O)(=O)c2ccc3c(c2)C(=O)N(c2cccnc2)C3=O)c1. The highest BCUT2D eigenvalue weighted by molar-refractivity contribution is 7.91. The number of anilines is 1. The van der Waals surface area contributed by atoms with Crippen LogP contribution in [0.4, 0.5) is 5.69 Å². The highest BCUT2D eigenvalue weighted by Gasteiger charge is 2.38. The van der Waals surface area contributed by atoms with Crippen molar-refractivity contribution >= 4 is 33.3 Å². The number of amides is 2. The van der Waals surface area contributed by atoms with Crippen LogP contribution in [0.25, 0.3) is 0 Å². The highest BCUT2D eigenvalue weighted by atomic mass is 32.2. The quantitative estimate of drug-likeness (QED) is 0.658. The van der Waals surface area contributed by atoms with E-state index in [1.165, 1.54) is 42.7 Å². The lowest BCUT2D eigenvalue weighted by Gasteiger charge is -2.12. The van der Waals surface area contributed by atoms with Crippen LogP contribution >= 0.6 is 0 Å². The van der Waals surface area contributed by atoms with Crippen molar-refractivity contribution in [2.75, 3.05) is 4.90 Å². The molecule has 2 amide bonds. The van der Waals surface area contributed by atoms with E-state index in [0.717, 1.165) is 17.0 Å². The maximum absolute atomic E-state index is 12.9. The van der Waals surface area contributed by atoms with E-state index in [9.17, 15) is 22.8 Å². The van der Waals surface area contributed by atoms with Crippen LogP contribution < -0.4 is 4.90 Å². The van der Waals surface area contributed by atoms with Gasteiger partial charge in [-0.2, -0.15) is 0 Å². The van der Waals surface area contributed by atoms with Gasteiger partial charge < -0.3 is 5.11 Å². The Bertz CT molecular complexity index is 1290. The molecule has 0 fully saturated rings. The van der Waals surface area contributed by atoms with Gasteiger partial charge in [-0.3, -0.25) is 14.6 Å². The Kier molecular flexibility index (Phi) is 4.24. The predicted molar refractivity (Wildman–Crippen MR) is 101 cm³/mol. The lowest BCUT2D eigenvalue weighted by molar-refractivity contribution is 0.0696. The molecule has 1 aliphatic heterocycles. The maximum atomic E-state index is 12.9. The van der Waals surface area contributed by atoms with Crippen LogP contribution in [-0.2, 0) is 9.84 Å². The molecule has 9 heteroatoms. The van der Waals surface area contributed by atoms with E-state index in [0.29, 0.717) is 0 Å². The van der Waals surface area contributed by atoms with Crippen molar-refractivity contribution in [2.45, 2.75) is 9.79 Å². The predicted octanol–water partition coefficient (Wildman–Crippen LogP) is 2.41. The summed E-state index contributed by atoms with van der Waals surface area (Å²) < 4.78 is 25.9. The van der Waals surface area contributed by atoms with Gasteiger partial charge in [0.2, 0.25) is 9.84 Å². The van der Waals surface area contributed by atoms with E-state index in [1.54, 1.807) is 12.1 Å². The zero-order chi connectivity index (χ0) is 20.8. The molecule has 2 aromatic carbocycles. The summed E-state index contributed by atoms with van der Waals surface area (Å²) in [5.41, 5.74) is 0.130. The van der Waals surface area contributed by atoms with Crippen molar-refractivity contribution in [1.82, 2.24) is 4.98 Å². The number of aromatic nitrogens is 1. The number of carbonyl (C=O) groups excluding carboxylic acids is 2. The van der Waals surface area contributed by atoms with E-state index in [-0.39, 0.29) is 32.2 Å². The first-order chi connectivity index (χ1) is 13.8. The molecule has 144 valence electrons. The molecule has 29 heavy (non-hydrogen) atoms. The van der Waals surface area contributed by atoms with Gasteiger partial charge in [0.15, 0.2) is 0 Å². The fourth-order valence-corrected chi connectivity index (χ4v) is 4.37. The highest BCUT2D eigenvalue weighted by Crippen LogP contribution is 2.31. The second kappa shape index (κ2) is 6.64. The second-order valence-corrected chi connectivity index (χ2v) is 8.15. The van der Waals surface area contributed by atoms with Crippen molar-refractivity contribution in [3.63, 3.8) is 0 Å². The van der Waals surface area contributed by atoms with Gasteiger partial charge in [-0.05, 0) is 48.5 Å². The number of carboxylic acid groups (broad SMARTS) is 1. The summed E-state index contributed by atoms with van der Waals surface area (Å²) in [5.74, 6) is -2.49. The number of carbonyl (C=O) groups is 3. The number of hydrogen-bond acceptors (Lipinski definition) is 6. The minimum absolute atomic E-state index is 0.0469. The average Bonchev–Trinajstić information content (AvgIpc) is 2.98. The normalized spacial score (nSPS) is 13.4. The van der Waals surface area contributed by atoms with Crippen LogP contribution in [0, 0.1) is 0 Å². The van der Waals surface area contributed by atoms with Gasteiger partial charge in [0.05, 0.1) is 38.4 Å². The van der Waals surface area contributed by atoms with Crippen LogP contribution in [0.2, 0.25) is 0 Å². The van der Waals surface area contributed by atoms with Crippen molar-refractivity contribution in [3.05, 3.63) is 83.7 Å². The first-order valence-corrected chi connectivity index (χ1v) is 9.80. The molecule has 1 aromatic heterocycles. The third-order valence-corrected chi connectivity index (χ3v) is 6.21. The molecule has 0 spiro atoms. The zero-order valence-corrected chi connectivity index (χ0v) is 15.5. The Hall–Kier alpha value is -3.85. The van der Waals surface area contributed by atoms with Gasteiger partial charge in [-0.15, -0.1) is 0 Å². The monoisotopic (exact) mass is 408 g/mol. The Morgan fingerprint density at radius 2 is 1.62 bits per heavy atom. The minimum atomic E-state index is -4.10. The van der Waals surface area contributed by atoms with E-state index in [4.69, 9.17) is 5.11 Å². The Morgan fingerprint density at radius 3 is 2.31 bits per heavy atom. The number of sulfone groups is 1. The van der Waals surface area contributed by atoms with Crippen molar-refractivity contribution in [3.8, 4) is 0 Å². The van der Waals surface area contributed by atoms with E-state index in [2.05, 4.69) is 4.98 Å². The van der Waals surface area contributed by atoms with Gasteiger partial charge in [0.25, 0.3) is 11.8 Å². The zero-order valence-electron chi connectivity index (χ0n) is 14.6. The van der Waals surface area contributed by atoms with Crippen LogP contribution in [0.15, 0.2) is 76.8 Å². The molecule has 0 unspecified atom stereocenters. The lowest BCUT2D eigenvalue weighted by atomic mass is 10.1. The van der Waals surface area contributed by atoms with Crippen molar-refractivity contribution < 1.29 is 27.9 Å². The minimum Gasteiger partial charge on any atom is -0.478 e. The van der Waals surface area contributed by atoms with Crippen LogP contribution in [-0.4, -0.2) is 36.3 Å². The second-order valence-electron chi connectivity index (χ2n) is 6.20. The summed E-state index contributed by atoms with van der Waals surface area (Å²) in [7, 11) is -4.10. The largest absolute Gasteiger partial charge is 0.478 e. The number of aromatic carboxylic acids is 1. The molecule has 0 radical (unpaired) electrons. The van der Waals surface area contributed by atoms with Crippen molar-refractivity contribution in [2.24, 2.45) is 0 Å². The van der Waals surface area contributed by atoms with Crippen LogP contribution in [0.1, 0.15) is 31.1 Å². The summed E-state index contributed by atoms with van der Waals surface area (Å²) >= 11 is 0.